The minimum atomic E-state index is -0.310. The van der Waals surface area contributed by atoms with Crippen LogP contribution in [-0.4, -0.2) is 15.3 Å². The molecule has 0 aliphatic heterocycles. The summed E-state index contributed by atoms with van der Waals surface area (Å²) in [7, 11) is 0. The first-order valence-electron chi connectivity index (χ1n) is 7.05. The van der Waals surface area contributed by atoms with Crippen molar-refractivity contribution in [3.8, 4) is 11.4 Å². The van der Waals surface area contributed by atoms with E-state index < -0.39 is 0 Å². The molecule has 0 atom stereocenters. The predicted molar refractivity (Wildman–Crippen MR) is 88.8 cm³/mol. The number of amides is 1. The SMILES string of the molecule is Cc1ccc(CC(=O)Nc2nc(-c3ccc(F)cc3)ns2)cc1. The molecule has 116 valence electrons. The molecule has 1 N–H and O–H groups in total. The number of aromatic nitrogens is 2. The van der Waals surface area contributed by atoms with Gasteiger partial charge < -0.3 is 5.32 Å². The zero-order valence-electron chi connectivity index (χ0n) is 12.4. The van der Waals surface area contributed by atoms with Crippen LogP contribution in [0, 0.1) is 12.7 Å². The molecule has 23 heavy (non-hydrogen) atoms. The minimum Gasteiger partial charge on any atom is -0.300 e. The number of carbonyl (C=O) groups excluding carboxylic acids is 1. The average Bonchev–Trinajstić information content (AvgIpc) is 2.98. The van der Waals surface area contributed by atoms with Crippen molar-refractivity contribution in [1.82, 2.24) is 9.36 Å². The van der Waals surface area contributed by atoms with E-state index in [0.29, 0.717) is 16.5 Å². The standard InChI is InChI=1S/C17H14FN3OS/c1-11-2-4-12(5-3-11)10-15(22)19-17-20-16(21-23-17)13-6-8-14(18)9-7-13/h2-9H,10H2,1H3,(H,19,20,21,22). The highest BCUT2D eigenvalue weighted by molar-refractivity contribution is 7.10. The molecule has 0 fully saturated rings. The average molecular weight is 327 g/mol. The molecule has 1 heterocycles. The maximum atomic E-state index is 12.9. The van der Waals surface area contributed by atoms with Crippen molar-refractivity contribution >= 4 is 22.6 Å². The Balaban J connectivity index is 1.65. The van der Waals surface area contributed by atoms with Crippen LogP contribution in [0.4, 0.5) is 9.52 Å². The Hall–Kier alpha value is -2.60. The number of hydrogen-bond acceptors (Lipinski definition) is 4. The molecule has 3 rings (SSSR count). The fourth-order valence-corrected chi connectivity index (χ4v) is 2.65. The van der Waals surface area contributed by atoms with E-state index in [1.807, 2.05) is 31.2 Å². The van der Waals surface area contributed by atoms with Gasteiger partial charge in [-0.15, -0.1) is 0 Å². The third-order valence-electron chi connectivity index (χ3n) is 3.26. The van der Waals surface area contributed by atoms with Crippen LogP contribution in [0.3, 0.4) is 0 Å². The Labute approximate surface area is 137 Å². The third-order valence-corrected chi connectivity index (χ3v) is 3.89. The number of carbonyl (C=O) groups is 1. The number of hydrogen-bond donors (Lipinski definition) is 1. The molecule has 2 aromatic carbocycles. The molecule has 0 aliphatic carbocycles. The van der Waals surface area contributed by atoms with Crippen molar-refractivity contribution in [2.24, 2.45) is 0 Å². The summed E-state index contributed by atoms with van der Waals surface area (Å²) in [6.07, 6.45) is 0.283. The van der Waals surface area contributed by atoms with Crippen LogP contribution in [-0.2, 0) is 11.2 Å². The fourth-order valence-electron chi connectivity index (χ4n) is 2.05. The number of benzene rings is 2. The number of nitrogens with one attached hydrogen (secondary N) is 1. The zero-order chi connectivity index (χ0) is 16.2. The van der Waals surface area contributed by atoms with Crippen LogP contribution in [0.5, 0.6) is 0 Å². The minimum absolute atomic E-state index is 0.143. The second kappa shape index (κ2) is 6.66. The Bertz CT molecular complexity index is 813. The van der Waals surface area contributed by atoms with E-state index in [0.717, 1.165) is 22.7 Å². The number of anilines is 1. The zero-order valence-corrected chi connectivity index (χ0v) is 13.2. The van der Waals surface area contributed by atoms with Gasteiger partial charge in [-0.25, -0.2) is 4.39 Å². The lowest BCUT2D eigenvalue weighted by molar-refractivity contribution is -0.115. The topological polar surface area (TPSA) is 54.9 Å². The van der Waals surface area contributed by atoms with Gasteiger partial charge >= 0.3 is 0 Å². The molecule has 6 heteroatoms. The predicted octanol–water partition coefficient (Wildman–Crippen LogP) is 3.83. The van der Waals surface area contributed by atoms with Crippen LogP contribution in [0.25, 0.3) is 11.4 Å². The van der Waals surface area contributed by atoms with Crippen LogP contribution >= 0.6 is 11.5 Å². The first kappa shape index (κ1) is 15.3. The molecule has 0 saturated heterocycles. The van der Waals surface area contributed by atoms with Gasteiger partial charge in [0.05, 0.1) is 6.42 Å². The quantitative estimate of drug-likeness (QED) is 0.792. The number of halogens is 1. The highest BCUT2D eigenvalue weighted by atomic mass is 32.1. The summed E-state index contributed by atoms with van der Waals surface area (Å²) in [5.74, 6) is 0.0203. The summed E-state index contributed by atoms with van der Waals surface area (Å²) in [5, 5.41) is 3.17. The Morgan fingerprint density at radius 3 is 2.52 bits per heavy atom. The summed E-state index contributed by atoms with van der Waals surface area (Å²) in [5.41, 5.74) is 2.81. The molecular weight excluding hydrogens is 313 g/mol. The van der Waals surface area contributed by atoms with E-state index >= 15 is 0 Å². The summed E-state index contributed by atoms with van der Waals surface area (Å²) >= 11 is 1.10. The second-order valence-corrected chi connectivity index (χ2v) is 5.89. The second-order valence-electron chi connectivity index (χ2n) is 5.14. The molecule has 0 aliphatic rings. The van der Waals surface area contributed by atoms with Gasteiger partial charge in [-0.3, -0.25) is 4.79 Å². The molecular formula is C17H14FN3OS. The van der Waals surface area contributed by atoms with Gasteiger partial charge in [0, 0.05) is 17.1 Å². The molecule has 0 radical (unpaired) electrons. The molecule has 0 saturated carbocycles. The third kappa shape index (κ3) is 3.98. The van der Waals surface area contributed by atoms with Gasteiger partial charge in [0.25, 0.3) is 0 Å². The maximum Gasteiger partial charge on any atom is 0.230 e. The molecule has 3 aromatic rings. The van der Waals surface area contributed by atoms with E-state index in [1.54, 1.807) is 12.1 Å². The Morgan fingerprint density at radius 2 is 1.83 bits per heavy atom. The molecule has 0 bridgehead atoms. The summed E-state index contributed by atoms with van der Waals surface area (Å²) in [4.78, 5) is 16.3. The van der Waals surface area contributed by atoms with Crippen LogP contribution < -0.4 is 5.32 Å². The lowest BCUT2D eigenvalue weighted by atomic mass is 10.1. The smallest absolute Gasteiger partial charge is 0.230 e. The van der Waals surface area contributed by atoms with E-state index in [1.165, 1.54) is 12.1 Å². The van der Waals surface area contributed by atoms with Crippen molar-refractivity contribution < 1.29 is 9.18 Å². The van der Waals surface area contributed by atoms with Crippen molar-refractivity contribution in [1.29, 1.82) is 0 Å². The monoisotopic (exact) mass is 327 g/mol. The van der Waals surface area contributed by atoms with Gasteiger partial charge in [0.1, 0.15) is 5.82 Å². The number of aryl methyl sites for hydroxylation is 1. The largest absolute Gasteiger partial charge is 0.300 e. The van der Waals surface area contributed by atoms with Gasteiger partial charge in [-0.1, -0.05) is 29.8 Å². The first-order chi connectivity index (χ1) is 11.1. The summed E-state index contributed by atoms with van der Waals surface area (Å²) < 4.78 is 17.1. The highest BCUT2D eigenvalue weighted by Crippen LogP contribution is 2.21. The van der Waals surface area contributed by atoms with E-state index in [2.05, 4.69) is 14.7 Å². The van der Waals surface area contributed by atoms with Gasteiger partial charge in [-0.05, 0) is 36.8 Å². The fraction of sp³-hybridized carbons (Fsp3) is 0.118. The lowest BCUT2D eigenvalue weighted by Gasteiger charge is -2.02. The Kier molecular flexibility index (Phi) is 4.43. The van der Waals surface area contributed by atoms with Gasteiger partial charge in [0.15, 0.2) is 5.82 Å². The van der Waals surface area contributed by atoms with E-state index in [4.69, 9.17) is 0 Å². The van der Waals surface area contributed by atoms with Gasteiger partial charge in [-0.2, -0.15) is 9.36 Å². The normalized spacial score (nSPS) is 10.5. The maximum absolute atomic E-state index is 12.9. The number of rotatable bonds is 4. The number of nitrogens with zero attached hydrogens (tertiary/aromatic N) is 2. The molecule has 1 amide bonds. The van der Waals surface area contributed by atoms with E-state index in [-0.39, 0.29) is 18.1 Å². The summed E-state index contributed by atoms with van der Waals surface area (Å²) in [6, 6.07) is 13.7. The van der Waals surface area contributed by atoms with E-state index in [9.17, 15) is 9.18 Å². The molecule has 0 unspecified atom stereocenters. The molecule has 0 spiro atoms. The van der Waals surface area contributed by atoms with Crippen molar-refractivity contribution in [3.63, 3.8) is 0 Å². The van der Waals surface area contributed by atoms with Crippen LogP contribution in [0.1, 0.15) is 11.1 Å². The van der Waals surface area contributed by atoms with Crippen molar-refractivity contribution in [3.05, 3.63) is 65.5 Å². The lowest BCUT2D eigenvalue weighted by Crippen LogP contribution is -2.14. The van der Waals surface area contributed by atoms with Crippen LogP contribution in [0.2, 0.25) is 0 Å². The first-order valence-corrected chi connectivity index (χ1v) is 7.82. The van der Waals surface area contributed by atoms with Gasteiger partial charge in [0.2, 0.25) is 11.0 Å². The van der Waals surface area contributed by atoms with Crippen molar-refractivity contribution in [2.75, 3.05) is 5.32 Å². The van der Waals surface area contributed by atoms with Crippen molar-refractivity contribution in [2.45, 2.75) is 13.3 Å². The van der Waals surface area contributed by atoms with Crippen LogP contribution in [0.15, 0.2) is 48.5 Å². The summed E-state index contributed by atoms with van der Waals surface area (Å²) in [6.45, 7) is 2.00. The molecule has 4 nitrogen and oxygen atoms in total. The molecule has 1 aromatic heterocycles. The highest BCUT2D eigenvalue weighted by Gasteiger charge is 2.10. The Morgan fingerprint density at radius 1 is 1.13 bits per heavy atom.